The van der Waals surface area contributed by atoms with Crippen molar-refractivity contribution in [2.45, 2.75) is 0 Å². The number of ether oxygens (including phenoxy) is 1. The fraction of sp³-hybridized carbons (Fsp3) is 0. The average molecular weight is 179 g/mol. The van der Waals surface area contributed by atoms with Gasteiger partial charge in [0, 0.05) is 0 Å². The van der Waals surface area contributed by atoms with Crippen LogP contribution in [0.15, 0.2) is 18.2 Å². The summed E-state index contributed by atoms with van der Waals surface area (Å²) < 4.78 is 9.19. The average Bonchev–Trinajstić information content (AvgIpc) is 2.53. The summed E-state index contributed by atoms with van der Waals surface area (Å²) >= 11 is 1.26. The number of nitrogens with zero attached hydrogens (tertiary/aromatic N) is 2. The van der Waals surface area contributed by atoms with E-state index in [9.17, 15) is 4.79 Å². The van der Waals surface area contributed by atoms with Gasteiger partial charge in [-0.25, -0.2) is 4.79 Å². The predicted octanol–water partition coefficient (Wildman–Crippen LogP) is 1.14. The second-order valence-electron chi connectivity index (χ2n) is 2.06. The van der Waals surface area contributed by atoms with Crippen LogP contribution in [0.5, 0.6) is 5.75 Å². The minimum Gasteiger partial charge on any atom is -0.416 e. The third kappa shape index (κ3) is 1.04. The van der Waals surface area contributed by atoms with Crippen LogP contribution < -0.4 is 4.74 Å². The van der Waals surface area contributed by atoms with Crippen molar-refractivity contribution in [3.8, 4) is 5.75 Å². The first-order chi connectivity index (χ1) is 5.92. The van der Waals surface area contributed by atoms with E-state index in [1.807, 2.05) is 6.07 Å². The van der Waals surface area contributed by atoms with Crippen molar-refractivity contribution in [1.82, 2.24) is 9.59 Å². The van der Waals surface area contributed by atoms with Gasteiger partial charge in [-0.3, -0.25) is 0 Å². The predicted molar refractivity (Wildman–Crippen MR) is 43.7 cm³/mol. The second-order valence-corrected chi connectivity index (χ2v) is 2.85. The lowest BCUT2D eigenvalue weighted by Gasteiger charge is -1.94. The number of fused-ring (bicyclic) bond motifs is 1. The molecule has 0 N–H and O–H groups in total. The molecule has 1 aromatic heterocycles. The molecular formula is C7H3N2O2S. The minimum absolute atomic E-state index is 0.399. The van der Waals surface area contributed by atoms with Crippen molar-refractivity contribution in [1.29, 1.82) is 0 Å². The normalized spacial score (nSPS) is 10.0. The van der Waals surface area contributed by atoms with Crippen molar-refractivity contribution in [2.75, 3.05) is 0 Å². The molecule has 1 heterocycles. The highest BCUT2D eigenvalue weighted by molar-refractivity contribution is 7.13. The molecule has 12 heavy (non-hydrogen) atoms. The van der Waals surface area contributed by atoms with E-state index in [1.54, 1.807) is 12.1 Å². The van der Waals surface area contributed by atoms with E-state index in [0.29, 0.717) is 11.3 Å². The molecule has 5 heteroatoms. The summed E-state index contributed by atoms with van der Waals surface area (Å²) in [6.45, 7) is 1.35. The summed E-state index contributed by atoms with van der Waals surface area (Å²) in [4.78, 5) is 9.95. The molecule has 4 nitrogen and oxygen atoms in total. The number of rotatable bonds is 2. The zero-order valence-corrected chi connectivity index (χ0v) is 6.67. The summed E-state index contributed by atoms with van der Waals surface area (Å²) in [5, 5.41) is 3.80. The first kappa shape index (κ1) is 7.17. The molecule has 0 unspecified atom stereocenters. The van der Waals surface area contributed by atoms with E-state index in [-0.39, 0.29) is 0 Å². The zero-order chi connectivity index (χ0) is 8.39. The third-order valence-corrected chi connectivity index (χ3v) is 2.08. The first-order valence-electron chi connectivity index (χ1n) is 3.17. The lowest BCUT2D eigenvalue weighted by molar-refractivity contribution is 0.445. The van der Waals surface area contributed by atoms with Crippen LogP contribution in [0.1, 0.15) is 0 Å². The summed E-state index contributed by atoms with van der Waals surface area (Å²) in [6.07, 6.45) is 0. The van der Waals surface area contributed by atoms with Crippen molar-refractivity contribution >= 4 is 28.2 Å². The van der Waals surface area contributed by atoms with Gasteiger partial charge < -0.3 is 4.74 Å². The van der Waals surface area contributed by atoms with Gasteiger partial charge in [0.2, 0.25) is 0 Å². The maximum atomic E-state index is 9.95. The number of aromatic nitrogens is 2. The van der Waals surface area contributed by atoms with Gasteiger partial charge in [0.25, 0.3) is 0 Å². The standard InChI is InChI=1S/C7H3N2O2S/c10-4-11-5-2-1-3-6-7(5)8-9-12-6/h1-3H. The molecule has 0 spiro atoms. The fourth-order valence-corrected chi connectivity index (χ4v) is 1.48. The van der Waals surface area contributed by atoms with Crippen LogP contribution in [0, 0.1) is 0 Å². The third-order valence-electron chi connectivity index (χ3n) is 1.39. The Morgan fingerprint density at radius 2 is 2.42 bits per heavy atom. The van der Waals surface area contributed by atoms with Gasteiger partial charge in [-0.1, -0.05) is 10.6 Å². The van der Waals surface area contributed by atoms with E-state index in [4.69, 9.17) is 0 Å². The summed E-state index contributed by atoms with van der Waals surface area (Å²) in [5.74, 6) is 0.399. The Morgan fingerprint density at radius 3 is 3.25 bits per heavy atom. The molecule has 0 aliphatic heterocycles. The minimum atomic E-state index is 0.399. The van der Waals surface area contributed by atoms with Crippen LogP contribution in [0.2, 0.25) is 0 Å². The van der Waals surface area contributed by atoms with E-state index in [1.165, 1.54) is 18.0 Å². The van der Waals surface area contributed by atoms with Gasteiger partial charge in [-0.2, -0.15) is 0 Å². The van der Waals surface area contributed by atoms with E-state index < -0.39 is 0 Å². The quantitative estimate of drug-likeness (QED) is 0.693. The SMILES string of the molecule is O=[C]Oc1cccc2snnc12. The summed E-state index contributed by atoms with van der Waals surface area (Å²) in [5.41, 5.74) is 0.603. The smallest absolute Gasteiger partial charge is 0.416 e. The Kier molecular flexibility index (Phi) is 1.71. The van der Waals surface area contributed by atoms with Crippen molar-refractivity contribution in [2.24, 2.45) is 0 Å². The fourth-order valence-electron chi connectivity index (χ4n) is 0.907. The van der Waals surface area contributed by atoms with Gasteiger partial charge in [-0.05, 0) is 23.7 Å². The van der Waals surface area contributed by atoms with Crippen LogP contribution in [-0.4, -0.2) is 16.1 Å². The van der Waals surface area contributed by atoms with Crippen LogP contribution in [0.3, 0.4) is 0 Å². The van der Waals surface area contributed by atoms with Crippen LogP contribution >= 0.6 is 11.5 Å². The van der Waals surface area contributed by atoms with Gasteiger partial charge >= 0.3 is 6.47 Å². The summed E-state index contributed by atoms with van der Waals surface area (Å²) in [7, 11) is 0. The molecule has 2 aromatic rings. The largest absolute Gasteiger partial charge is 0.423 e. The molecule has 59 valence electrons. The first-order valence-corrected chi connectivity index (χ1v) is 3.94. The molecule has 1 aromatic carbocycles. The monoisotopic (exact) mass is 179 g/mol. The molecular weight excluding hydrogens is 176 g/mol. The molecule has 0 saturated heterocycles. The van der Waals surface area contributed by atoms with Crippen LogP contribution in [0.4, 0.5) is 0 Å². The molecule has 2 rings (SSSR count). The van der Waals surface area contributed by atoms with Gasteiger partial charge in [0.15, 0.2) is 5.75 Å². The molecule has 0 saturated carbocycles. The molecule has 0 aliphatic rings. The maximum Gasteiger partial charge on any atom is 0.423 e. The summed E-state index contributed by atoms with van der Waals surface area (Å²) in [6, 6.07) is 5.28. The van der Waals surface area contributed by atoms with Crippen LogP contribution in [-0.2, 0) is 4.79 Å². The molecule has 1 radical (unpaired) electrons. The zero-order valence-electron chi connectivity index (χ0n) is 5.85. The lowest BCUT2D eigenvalue weighted by Crippen LogP contribution is -1.88. The highest BCUT2D eigenvalue weighted by Crippen LogP contribution is 2.24. The number of hydrogen-bond donors (Lipinski definition) is 0. The topological polar surface area (TPSA) is 52.1 Å². The Bertz CT molecular complexity index is 412. The molecule has 0 aliphatic carbocycles. The number of hydrogen-bond acceptors (Lipinski definition) is 5. The van der Waals surface area contributed by atoms with E-state index in [2.05, 4.69) is 14.3 Å². The lowest BCUT2D eigenvalue weighted by atomic mass is 10.3. The Hall–Kier alpha value is -1.49. The van der Waals surface area contributed by atoms with Crippen molar-refractivity contribution < 1.29 is 9.53 Å². The number of carbonyl (C=O) groups excluding carboxylic acids is 1. The van der Waals surface area contributed by atoms with E-state index in [0.717, 1.165) is 4.70 Å². The van der Waals surface area contributed by atoms with Crippen molar-refractivity contribution in [3.63, 3.8) is 0 Å². The molecule has 0 bridgehead atoms. The Balaban J connectivity index is 2.65. The van der Waals surface area contributed by atoms with Crippen molar-refractivity contribution in [3.05, 3.63) is 18.2 Å². The molecule has 0 atom stereocenters. The highest BCUT2D eigenvalue weighted by Gasteiger charge is 2.04. The van der Waals surface area contributed by atoms with E-state index >= 15 is 0 Å². The number of benzene rings is 1. The Labute approximate surface area is 71.9 Å². The van der Waals surface area contributed by atoms with Gasteiger partial charge in [0.05, 0.1) is 4.70 Å². The van der Waals surface area contributed by atoms with Gasteiger partial charge in [-0.15, -0.1) is 5.10 Å². The molecule has 0 amide bonds. The molecule has 0 fully saturated rings. The highest BCUT2D eigenvalue weighted by atomic mass is 32.1. The maximum absolute atomic E-state index is 9.95. The van der Waals surface area contributed by atoms with Crippen LogP contribution in [0.25, 0.3) is 10.2 Å². The Morgan fingerprint density at radius 1 is 1.50 bits per heavy atom. The second kappa shape index (κ2) is 2.86. The van der Waals surface area contributed by atoms with Gasteiger partial charge in [0.1, 0.15) is 5.52 Å².